The smallest absolute Gasteiger partial charge is 0.333 e. The quantitative estimate of drug-likeness (QED) is 0.0425. The molecule has 1 aliphatic heterocycles. The number of benzene rings is 1. The Bertz CT molecular complexity index is 1040. The molecule has 290 valence electrons. The number of barbiturate groups is 1. The van der Waals surface area contributed by atoms with Crippen LogP contribution in [0.3, 0.4) is 0 Å². The fourth-order valence-electron chi connectivity index (χ4n) is 7.29. The van der Waals surface area contributed by atoms with Gasteiger partial charge in [-0.05, 0) is 36.6 Å². The van der Waals surface area contributed by atoms with Gasteiger partial charge in [-0.15, -0.1) is 0 Å². The second-order valence-electron chi connectivity index (χ2n) is 15.3. The van der Waals surface area contributed by atoms with E-state index in [4.69, 9.17) is 0 Å². The first-order valence-corrected chi connectivity index (χ1v) is 21.6. The van der Waals surface area contributed by atoms with Crippen molar-refractivity contribution >= 4 is 29.6 Å². The number of amides is 4. The highest BCUT2D eigenvalue weighted by molar-refractivity contribution is 6.30. The summed E-state index contributed by atoms with van der Waals surface area (Å²) >= 11 is 0. The molecular formula is C45H77N3O3. The van der Waals surface area contributed by atoms with Crippen LogP contribution in [0.15, 0.2) is 29.8 Å². The Morgan fingerprint density at radius 1 is 0.451 bits per heavy atom. The third-order valence-electron chi connectivity index (χ3n) is 10.8. The van der Waals surface area contributed by atoms with Crippen molar-refractivity contribution in [2.75, 3.05) is 32.1 Å². The summed E-state index contributed by atoms with van der Waals surface area (Å²) in [6, 6.07) is 7.62. The number of rotatable bonds is 32. The molecule has 1 aromatic carbocycles. The van der Waals surface area contributed by atoms with E-state index in [2.05, 4.69) is 30.9 Å². The van der Waals surface area contributed by atoms with Gasteiger partial charge in [-0.25, -0.2) is 4.79 Å². The summed E-state index contributed by atoms with van der Waals surface area (Å²) in [7, 11) is 2.83. The van der Waals surface area contributed by atoms with Crippen LogP contribution in [-0.4, -0.2) is 54.8 Å². The van der Waals surface area contributed by atoms with Crippen molar-refractivity contribution in [3.8, 4) is 0 Å². The van der Waals surface area contributed by atoms with Crippen molar-refractivity contribution in [2.24, 2.45) is 0 Å². The predicted octanol–water partition coefficient (Wildman–Crippen LogP) is 12.9. The third kappa shape index (κ3) is 19.1. The van der Waals surface area contributed by atoms with Crippen LogP contribution in [0.2, 0.25) is 0 Å². The maximum Gasteiger partial charge on any atom is 0.333 e. The highest BCUT2D eigenvalue weighted by atomic mass is 16.2. The van der Waals surface area contributed by atoms with Crippen LogP contribution in [0.4, 0.5) is 10.5 Å². The number of anilines is 1. The first kappa shape index (κ1) is 44.5. The van der Waals surface area contributed by atoms with Crippen LogP contribution in [0, 0.1) is 0 Å². The van der Waals surface area contributed by atoms with Gasteiger partial charge in [-0.2, -0.15) is 0 Å². The maximum absolute atomic E-state index is 12.7. The van der Waals surface area contributed by atoms with Gasteiger partial charge in [0.1, 0.15) is 5.57 Å². The van der Waals surface area contributed by atoms with Gasteiger partial charge in [0.25, 0.3) is 11.8 Å². The standard InChI is InChI=1S/C45H77N3O3/c1-5-7-9-11-13-15-17-19-21-23-25-27-29-31-37-48(38-32-30-28-26-24-22-20-18-16-14-12-10-8-6-2)41-35-33-40(34-36-41)39-42-43(49)46(3)45(51)47(4)44(42)50/h33-36,39H,5-32,37-38H2,1-4H3. The number of hydrogen-bond donors (Lipinski definition) is 0. The summed E-state index contributed by atoms with van der Waals surface area (Å²) in [4.78, 5) is 42.0. The van der Waals surface area contributed by atoms with Gasteiger partial charge in [0, 0.05) is 32.9 Å². The van der Waals surface area contributed by atoms with Crippen LogP contribution >= 0.6 is 0 Å². The van der Waals surface area contributed by atoms with Crippen LogP contribution in [0.5, 0.6) is 0 Å². The van der Waals surface area contributed by atoms with Crippen molar-refractivity contribution in [3.63, 3.8) is 0 Å². The molecule has 0 aliphatic carbocycles. The number of unbranched alkanes of at least 4 members (excludes halogenated alkanes) is 26. The SMILES string of the molecule is CCCCCCCCCCCCCCCCN(CCCCCCCCCCCCCCCC)c1ccc(C=C2C(=O)N(C)C(=O)N(C)C2=O)cc1. The molecule has 0 bridgehead atoms. The second kappa shape index (κ2) is 28.9. The van der Waals surface area contributed by atoms with E-state index >= 15 is 0 Å². The van der Waals surface area contributed by atoms with E-state index in [1.807, 2.05) is 12.1 Å². The second-order valence-corrected chi connectivity index (χ2v) is 15.3. The lowest BCUT2D eigenvalue weighted by Gasteiger charge is -2.29. The molecule has 0 saturated carbocycles. The van der Waals surface area contributed by atoms with E-state index in [1.54, 1.807) is 6.08 Å². The van der Waals surface area contributed by atoms with E-state index in [0.717, 1.165) is 28.5 Å². The Labute approximate surface area is 314 Å². The van der Waals surface area contributed by atoms with Crippen LogP contribution in [0.1, 0.15) is 199 Å². The highest BCUT2D eigenvalue weighted by Gasteiger charge is 2.37. The molecule has 0 N–H and O–H groups in total. The number of carbonyl (C=O) groups excluding carboxylic acids is 3. The molecule has 0 radical (unpaired) electrons. The summed E-state index contributed by atoms with van der Waals surface area (Å²) in [6.45, 7) is 6.70. The Balaban J connectivity index is 1.77. The highest BCUT2D eigenvalue weighted by Crippen LogP contribution is 2.23. The lowest BCUT2D eigenvalue weighted by Crippen LogP contribution is -2.52. The lowest BCUT2D eigenvalue weighted by atomic mass is 10.0. The first-order valence-electron chi connectivity index (χ1n) is 21.6. The first-order chi connectivity index (χ1) is 24.9. The van der Waals surface area contributed by atoms with Gasteiger partial charge >= 0.3 is 6.03 Å². The minimum absolute atomic E-state index is 0.0222. The monoisotopic (exact) mass is 708 g/mol. The molecule has 1 heterocycles. The van der Waals surface area contributed by atoms with E-state index < -0.39 is 17.8 Å². The zero-order valence-electron chi connectivity index (χ0n) is 33.7. The van der Waals surface area contributed by atoms with Crippen molar-refractivity contribution < 1.29 is 14.4 Å². The number of hydrogen-bond acceptors (Lipinski definition) is 4. The van der Waals surface area contributed by atoms with Gasteiger partial charge in [0.05, 0.1) is 0 Å². The number of nitrogens with zero attached hydrogens (tertiary/aromatic N) is 3. The average molecular weight is 708 g/mol. The van der Waals surface area contributed by atoms with Crippen molar-refractivity contribution in [2.45, 2.75) is 194 Å². The fraction of sp³-hybridized carbons (Fsp3) is 0.756. The van der Waals surface area contributed by atoms with Crippen LogP contribution in [-0.2, 0) is 9.59 Å². The minimum Gasteiger partial charge on any atom is -0.372 e. The molecule has 0 atom stereocenters. The molecule has 1 saturated heterocycles. The molecular weight excluding hydrogens is 631 g/mol. The number of likely N-dealkylation sites (N-methyl/N-ethyl adjacent to an activating group) is 2. The molecule has 6 nitrogen and oxygen atoms in total. The van der Waals surface area contributed by atoms with Crippen molar-refractivity contribution in [1.82, 2.24) is 9.80 Å². The Kier molecular flexibility index (Phi) is 25.2. The maximum atomic E-state index is 12.7. The largest absolute Gasteiger partial charge is 0.372 e. The molecule has 1 fully saturated rings. The zero-order chi connectivity index (χ0) is 36.9. The number of imide groups is 2. The molecule has 0 unspecified atom stereocenters. The van der Waals surface area contributed by atoms with E-state index in [9.17, 15) is 14.4 Å². The normalized spacial score (nSPS) is 13.5. The van der Waals surface area contributed by atoms with Crippen LogP contribution < -0.4 is 4.90 Å². The summed E-state index contributed by atoms with van der Waals surface area (Å²) < 4.78 is 0. The number of urea groups is 1. The summed E-state index contributed by atoms with van der Waals surface area (Å²) in [6.07, 6.45) is 39.9. The van der Waals surface area contributed by atoms with Gasteiger partial charge in [-0.3, -0.25) is 19.4 Å². The zero-order valence-corrected chi connectivity index (χ0v) is 33.7. The molecule has 1 aromatic rings. The average Bonchev–Trinajstić information content (AvgIpc) is 3.14. The number of carbonyl (C=O) groups is 3. The Morgan fingerprint density at radius 2 is 0.745 bits per heavy atom. The van der Waals surface area contributed by atoms with Gasteiger partial charge in [0.15, 0.2) is 0 Å². The van der Waals surface area contributed by atoms with Crippen molar-refractivity contribution in [1.29, 1.82) is 0 Å². The van der Waals surface area contributed by atoms with E-state index in [1.165, 1.54) is 200 Å². The third-order valence-corrected chi connectivity index (χ3v) is 10.8. The van der Waals surface area contributed by atoms with Crippen molar-refractivity contribution in [3.05, 3.63) is 35.4 Å². The molecule has 1 aliphatic rings. The van der Waals surface area contributed by atoms with Crippen LogP contribution in [0.25, 0.3) is 6.08 Å². The fourth-order valence-corrected chi connectivity index (χ4v) is 7.29. The van der Waals surface area contributed by atoms with E-state index in [-0.39, 0.29) is 5.57 Å². The summed E-state index contributed by atoms with van der Waals surface area (Å²) in [5.41, 5.74) is 2.01. The topological polar surface area (TPSA) is 60.9 Å². The molecule has 0 spiro atoms. The minimum atomic E-state index is -0.597. The summed E-state index contributed by atoms with van der Waals surface area (Å²) in [5.74, 6) is -1.10. The Morgan fingerprint density at radius 3 is 1.06 bits per heavy atom. The van der Waals surface area contributed by atoms with Gasteiger partial charge in [-0.1, -0.05) is 193 Å². The predicted molar refractivity (Wildman–Crippen MR) is 218 cm³/mol. The molecule has 51 heavy (non-hydrogen) atoms. The molecule has 6 heteroatoms. The van der Waals surface area contributed by atoms with E-state index in [0.29, 0.717) is 0 Å². The lowest BCUT2D eigenvalue weighted by molar-refractivity contribution is -0.134. The molecule has 4 amide bonds. The van der Waals surface area contributed by atoms with Gasteiger partial charge < -0.3 is 4.90 Å². The molecule has 2 rings (SSSR count). The molecule has 0 aromatic heterocycles. The van der Waals surface area contributed by atoms with Gasteiger partial charge in [0.2, 0.25) is 0 Å². The Hall–Kier alpha value is -2.63. The summed E-state index contributed by atoms with van der Waals surface area (Å²) in [5, 5.41) is 0.